The van der Waals surface area contributed by atoms with E-state index < -0.39 is 10.0 Å². The van der Waals surface area contributed by atoms with Crippen molar-refractivity contribution in [2.24, 2.45) is 0 Å². The lowest BCUT2D eigenvalue weighted by molar-refractivity contribution is -0.116. The Kier molecular flexibility index (Phi) is 9.68. The number of para-hydroxylation sites is 1. The maximum absolute atomic E-state index is 13.0. The van der Waals surface area contributed by atoms with Crippen LogP contribution in [0.4, 0.5) is 5.69 Å². The highest BCUT2D eigenvalue weighted by Gasteiger charge is 2.26. The van der Waals surface area contributed by atoms with Crippen molar-refractivity contribution in [3.63, 3.8) is 0 Å². The van der Waals surface area contributed by atoms with Crippen LogP contribution in [-0.4, -0.2) is 57.9 Å². The molecule has 2 aromatic carbocycles. The minimum atomic E-state index is -3.79. The lowest BCUT2D eigenvalue weighted by atomic mass is 10.2. The molecule has 0 aliphatic rings. The van der Waals surface area contributed by atoms with Crippen LogP contribution < -0.4 is 20.1 Å². The topological polar surface area (TPSA) is 114 Å². The van der Waals surface area contributed by atoms with E-state index in [1.165, 1.54) is 23.5 Å². The van der Waals surface area contributed by atoms with E-state index in [2.05, 4.69) is 10.6 Å². The van der Waals surface area contributed by atoms with Crippen LogP contribution in [0.2, 0.25) is 0 Å². The molecular formula is C23H31N3O6S. The summed E-state index contributed by atoms with van der Waals surface area (Å²) in [5.74, 6) is -0.0538. The number of carbonyl (C=O) groups is 2. The van der Waals surface area contributed by atoms with Crippen molar-refractivity contribution in [1.82, 2.24) is 9.62 Å². The van der Waals surface area contributed by atoms with Crippen LogP contribution in [0.15, 0.2) is 47.4 Å². The van der Waals surface area contributed by atoms with E-state index in [0.29, 0.717) is 36.7 Å². The smallest absolute Gasteiger partial charge is 0.255 e. The third-order valence-corrected chi connectivity index (χ3v) is 6.91. The Bertz CT molecular complexity index is 1070. The van der Waals surface area contributed by atoms with Gasteiger partial charge < -0.3 is 20.1 Å². The van der Waals surface area contributed by atoms with Gasteiger partial charge in [-0.25, -0.2) is 8.42 Å². The summed E-state index contributed by atoms with van der Waals surface area (Å²) < 4.78 is 38.1. The lowest BCUT2D eigenvalue weighted by Crippen LogP contribution is -2.31. The van der Waals surface area contributed by atoms with Crippen LogP contribution in [0.25, 0.3) is 0 Å². The van der Waals surface area contributed by atoms with Crippen molar-refractivity contribution in [1.29, 1.82) is 0 Å². The molecule has 0 aromatic heterocycles. The van der Waals surface area contributed by atoms with Crippen LogP contribution in [0.1, 0.15) is 37.6 Å². The number of benzene rings is 2. The van der Waals surface area contributed by atoms with Gasteiger partial charge in [-0.15, -0.1) is 0 Å². The van der Waals surface area contributed by atoms with Gasteiger partial charge >= 0.3 is 0 Å². The van der Waals surface area contributed by atoms with E-state index in [0.717, 1.165) is 0 Å². The van der Waals surface area contributed by atoms with Crippen molar-refractivity contribution < 1.29 is 27.5 Å². The second-order valence-electron chi connectivity index (χ2n) is 6.94. The van der Waals surface area contributed by atoms with E-state index in [1.54, 1.807) is 51.1 Å². The van der Waals surface area contributed by atoms with Gasteiger partial charge in [0.25, 0.3) is 5.91 Å². The first kappa shape index (κ1) is 26.1. The fourth-order valence-electron chi connectivity index (χ4n) is 3.21. The third kappa shape index (κ3) is 6.69. The molecule has 2 amide bonds. The Balaban J connectivity index is 2.08. The first-order chi connectivity index (χ1) is 15.8. The SMILES string of the molecule is CCOc1ccc(NC(=O)CCNC(=O)c2ccccc2OC)cc1S(=O)(=O)N(CC)CC. The average Bonchev–Trinajstić information content (AvgIpc) is 2.80. The standard InChI is InChI=1S/C23H31N3O6S/c1-5-26(6-2)33(29,30)21-16-17(12-13-20(21)32-7-3)25-22(27)14-15-24-23(28)18-10-8-9-11-19(18)31-4/h8-13,16H,5-7,14-15H2,1-4H3,(H,24,28)(H,25,27). The summed E-state index contributed by atoms with van der Waals surface area (Å²) in [6.07, 6.45) is 0.00618. The summed E-state index contributed by atoms with van der Waals surface area (Å²) in [5, 5.41) is 5.36. The molecular weight excluding hydrogens is 446 g/mol. The molecule has 0 saturated carbocycles. The van der Waals surface area contributed by atoms with Gasteiger partial charge in [0, 0.05) is 31.7 Å². The molecule has 0 radical (unpaired) electrons. The highest BCUT2D eigenvalue weighted by atomic mass is 32.2. The average molecular weight is 478 g/mol. The molecule has 0 fully saturated rings. The summed E-state index contributed by atoms with van der Waals surface area (Å²) in [5.41, 5.74) is 0.698. The maximum Gasteiger partial charge on any atom is 0.255 e. The molecule has 0 aliphatic heterocycles. The van der Waals surface area contributed by atoms with Gasteiger partial charge in [-0.1, -0.05) is 26.0 Å². The van der Waals surface area contributed by atoms with Gasteiger partial charge in [-0.3, -0.25) is 9.59 Å². The minimum Gasteiger partial charge on any atom is -0.496 e. The van der Waals surface area contributed by atoms with Crippen molar-refractivity contribution in [3.05, 3.63) is 48.0 Å². The molecule has 10 heteroatoms. The number of sulfonamides is 1. The van der Waals surface area contributed by atoms with Crippen molar-refractivity contribution in [3.8, 4) is 11.5 Å². The largest absolute Gasteiger partial charge is 0.496 e. The second-order valence-corrected chi connectivity index (χ2v) is 8.84. The number of nitrogens with zero attached hydrogens (tertiary/aromatic N) is 1. The fraction of sp³-hybridized carbons (Fsp3) is 0.391. The predicted molar refractivity (Wildman–Crippen MR) is 126 cm³/mol. The molecule has 180 valence electrons. The molecule has 33 heavy (non-hydrogen) atoms. The number of nitrogens with one attached hydrogen (secondary N) is 2. The van der Waals surface area contributed by atoms with E-state index in [9.17, 15) is 18.0 Å². The first-order valence-corrected chi connectivity index (χ1v) is 12.2. The van der Waals surface area contributed by atoms with Gasteiger partial charge in [0.15, 0.2) is 0 Å². The summed E-state index contributed by atoms with van der Waals surface area (Å²) in [7, 11) is -2.31. The van der Waals surface area contributed by atoms with Crippen molar-refractivity contribution in [2.45, 2.75) is 32.1 Å². The Labute approximate surface area is 195 Å². The number of amides is 2. The van der Waals surface area contributed by atoms with Crippen LogP contribution in [0, 0.1) is 0 Å². The Morgan fingerprint density at radius 3 is 2.33 bits per heavy atom. The van der Waals surface area contributed by atoms with Gasteiger partial charge in [-0.05, 0) is 37.3 Å². The molecule has 0 saturated heterocycles. The van der Waals surface area contributed by atoms with Gasteiger partial charge in [-0.2, -0.15) is 4.31 Å². The normalized spacial score (nSPS) is 11.2. The van der Waals surface area contributed by atoms with Crippen LogP contribution >= 0.6 is 0 Å². The van der Waals surface area contributed by atoms with Crippen LogP contribution in [-0.2, 0) is 14.8 Å². The number of hydrogen-bond acceptors (Lipinski definition) is 6. The van der Waals surface area contributed by atoms with Gasteiger partial charge in [0.2, 0.25) is 15.9 Å². The zero-order chi connectivity index (χ0) is 24.4. The Hall–Kier alpha value is -3.11. The molecule has 2 rings (SSSR count). The maximum atomic E-state index is 13.0. The summed E-state index contributed by atoms with van der Waals surface area (Å²) in [6.45, 7) is 6.31. The van der Waals surface area contributed by atoms with Crippen molar-refractivity contribution in [2.75, 3.05) is 38.7 Å². The zero-order valence-electron chi connectivity index (χ0n) is 19.4. The molecule has 0 atom stereocenters. The van der Waals surface area contributed by atoms with E-state index in [-0.39, 0.29) is 35.4 Å². The minimum absolute atomic E-state index is 0.00433. The number of carbonyl (C=O) groups excluding carboxylic acids is 2. The zero-order valence-corrected chi connectivity index (χ0v) is 20.2. The molecule has 0 bridgehead atoms. The van der Waals surface area contributed by atoms with Crippen molar-refractivity contribution >= 4 is 27.5 Å². The molecule has 9 nitrogen and oxygen atoms in total. The quantitative estimate of drug-likeness (QED) is 0.486. The highest BCUT2D eigenvalue weighted by Crippen LogP contribution is 2.30. The molecule has 0 heterocycles. The van der Waals surface area contributed by atoms with Crippen LogP contribution in [0.3, 0.4) is 0 Å². The van der Waals surface area contributed by atoms with E-state index >= 15 is 0 Å². The Morgan fingerprint density at radius 2 is 1.70 bits per heavy atom. The monoisotopic (exact) mass is 477 g/mol. The predicted octanol–water partition coefficient (Wildman–Crippen LogP) is 2.88. The highest BCUT2D eigenvalue weighted by molar-refractivity contribution is 7.89. The number of ether oxygens (including phenoxy) is 2. The second kappa shape index (κ2) is 12.2. The number of methoxy groups -OCH3 is 1. The van der Waals surface area contributed by atoms with Crippen LogP contribution in [0.5, 0.6) is 11.5 Å². The third-order valence-electron chi connectivity index (χ3n) is 4.84. The molecule has 2 aromatic rings. The van der Waals surface area contributed by atoms with Gasteiger partial charge in [0.1, 0.15) is 16.4 Å². The van der Waals surface area contributed by atoms with E-state index in [1.807, 2.05) is 0 Å². The first-order valence-electron chi connectivity index (χ1n) is 10.8. The van der Waals surface area contributed by atoms with E-state index in [4.69, 9.17) is 9.47 Å². The number of hydrogen-bond donors (Lipinski definition) is 2. The Morgan fingerprint density at radius 1 is 1.00 bits per heavy atom. The summed E-state index contributed by atoms with van der Waals surface area (Å²) >= 11 is 0. The molecule has 0 unspecified atom stereocenters. The summed E-state index contributed by atoms with van der Waals surface area (Å²) in [4.78, 5) is 24.7. The van der Waals surface area contributed by atoms with Gasteiger partial charge in [0.05, 0.1) is 19.3 Å². The molecule has 0 aliphatic carbocycles. The lowest BCUT2D eigenvalue weighted by Gasteiger charge is -2.21. The number of anilines is 1. The summed E-state index contributed by atoms with van der Waals surface area (Å²) in [6, 6.07) is 11.3. The number of rotatable bonds is 12. The molecule has 0 spiro atoms. The fourth-order valence-corrected chi connectivity index (χ4v) is 4.82. The molecule has 2 N–H and O–H groups in total.